The van der Waals surface area contributed by atoms with E-state index in [2.05, 4.69) is 67.2 Å². The molecule has 5 atom stereocenters. The summed E-state index contributed by atoms with van der Waals surface area (Å²) < 4.78 is 28.1. The molecule has 0 aliphatic carbocycles. The highest BCUT2D eigenvalue weighted by Crippen LogP contribution is 2.29. The van der Waals surface area contributed by atoms with Crippen LogP contribution in [-0.2, 0) is 33.3 Å². The largest absolute Gasteiger partial charge is 0.377 e. The van der Waals surface area contributed by atoms with E-state index in [4.69, 9.17) is 40.8 Å². The van der Waals surface area contributed by atoms with Gasteiger partial charge >= 0.3 is 0 Å². The fourth-order valence-electron chi connectivity index (χ4n) is 5.51. The van der Waals surface area contributed by atoms with Crippen LogP contribution in [0.25, 0.3) is 0 Å². The van der Waals surface area contributed by atoms with Crippen molar-refractivity contribution in [2.24, 2.45) is 17.6 Å². The number of nitrogens with one attached hydrogen (secondary N) is 4. The van der Waals surface area contributed by atoms with Crippen molar-refractivity contribution in [2.75, 3.05) is 66.1 Å². The van der Waals surface area contributed by atoms with Gasteiger partial charge in [0, 0.05) is 55.3 Å². The summed E-state index contributed by atoms with van der Waals surface area (Å²) in [5.41, 5.74) is 14.4. The number of rotatable bonds is 32. The van der Waals surface area contributed by atoms with Crippen molar-refractivity contribution in [3.05, 3.63) is 51.5 Å². The molecule has 0 fully saturated rings. The molecule has 320 valence electrons. The van der Waals surface area contributed by atoms with E-state index in [1.54, 1.807) is 5.38 Å². The third-order valence-corrected chi connectivity index (χ3v) is 10.2. The van der Waals surface area contributed by atoms with Gasteiger partial charge in [-0.25, -0.2) is 10.4 Å². The maximum absolute atomic E-state index is 13.7. The van der Waals surface area contributed by atoms with Crippen LogP contribution in [0, 0.1) is 31.1 Å². The summed E-state index contributed by atoms with van der Waals surface area (Å²) in [6, 6.07) is 7.80. The lowest BCUT2D eigenvalue weighted by atomic mass is 9.86. The van der Waals surface area contributed by atoms with Crippen molar-refractivity contribution in [1.82, 2.24) is 26.5 Å². The van der Waals surface area contributed by atoms with Gasteiger partial charge in [0.15, 0.2) is 0 Å². The Kier molecular flexibility index (Phi) is 25.9. The number of hydrogen-bond acceptors (Lipinski definition) is 12. The number of thiazole rings is 1. The Morgan fingerprint density at radius 1 is 0.912 bits per heavy atom. The molecule has 0 aliphatic rings. The Morgan fingerprint density at radius 3 is 2.19 bits per heavy atom. The number of nitrogens with two attached hydrogens (primary N) is 1. The molecule has 0 aliphatic heterocycles. The Hall–Kier alpha value is -3.46. The monoisotopic (exact) mass is 816 g/mol. The van der Waals surface area contributed by atoms with Gasteiger partial charge in [-0.3, -0.25) is 19.8 Å². The van der Waals surface area contributed by atoms with Crippen molar-refractivity contribution < 1.29 is 38.1 Å². The highest BCUT2D eigenvalue weighted by molar-refractivity contribution is 7.09. The van der Waals surface area contributed by atoms with E-state index in [0.717, 1.165) is 22.6 Å². The summed E-state index contributed by atoms with van der Waals surface area (Å²) in [6.45, 7) is 16.0. The summed E-state index contributed by atoms with van der Waals surface area (Å²) in [5, 5.41) is 8.47. The number of hydrogen-bond donors (Lipinski definition) is 5. The lowest BCUT2D eigenvalue weighted by Crippen LogP contribution is -2.45. The molecular weight excluding hydrogens is 749 g/mol. The van der Waals surface area contributed by atoms with Gasteiger partial charge < -0.3 is 40.1 Å². The number of benzene rings is 1. The Bertz CT molecular complexity index is 1450. The third-order valence-electron chi connectivity index (χ3n) is 9.27. The van der Waals surface area contributed by atoms with Crippen LogP contribution < -0.4 is 27.2 Å². The third kappa shape index (κ3) is 21.2. The molecular formula is C42H68N6O8S. The molecule has 14 nitrogen and oxygen atoms in total. The molecule has 0 spiro atoms. The standard InChI is InChI=1S/C42H68N6O8S/c1-8-10-11-12-39(49)44-17-19-52-20-21-53-22-23-54-24-25-55-29-45-48-40(50)32(6)26-36(33(7)34-15-13-31(5)14-16-34)46-41(51)37-28-57-42(47-37)38(56-18-9-2)27-35(43)30(3)4/h1,13-16,28,30,32-33,35-36,38,45H,9-12,17-27,29,43H2,2-7H3,(H,44,49)(H,46,51)(H,48,50). The molecule has 0 radical (unpaired) electrons. The average molecular weight is 817 g/mol. The van der Waals surface area contributed by atoms with Crippen LogP contribution in [0.5, 0.6) is 0 Å². The van der Waals surface area contributed by atoms with Gasteiger partial charge in [0.25, 0.3) is 5.91 Å². The Balaban J connectivity index is 1.74. The van der Waals surface area contributed by atoms with Gasteiger partial charge in [0.1, 0.15) is 23.5 Å². The first kappa shape index (κ1) is 49.7. The second-order valence-electron chi connectivity index (χ2n) is 14.5. The van der Waals surface area contributed by atoms with Crippen molar-refractivity contribution >= 4 is 29.1 Å². The zero-order valence-corrected chi connectivity index (χ0v) is 35.8. The first-order valence-electron chi connectivity index (χ1n) is 20.2. The number of ether oxygens (including phenoxy) is 5. The molecule has 2 rings (SSSR count). The van der Waals surface area contributed by atoms with Crippen LogP contribution in [0.15, 0.2) is 29.6 Å². The minimum atomic E-state index is -0.435. The van der Waals surface area contributed by atoms with E-state index in [9.17, 15) is 14.4 Å². The number of nitrogens with zero attached hydrogens (tertiary/aromatic N) is 1. The number of aromatic nitrogens is 1. The molecule has 57 heavy (non-hydrogen) atoms. The van der Waals surface area contributed by atoms with E-state index in [0.29, 0.717) is 97.2 Å². The fraction of sp³-hybridized carbons (Fsp3) is 0.667. The van der Waals surface area contributed by atoms with Crippen LogP contribution in [0.2, 0.25) is 0 Å². The number of amides is 3. The van der Waals surface area contributed by atoms with E-state index < -0.39 is 5.92 Å². The van der Waals surface area contributed by atoms with Crippen molar-refractivity contribution in [3.63, 3.8) is 0 Å². The first-order chi connectivity index (χ1) is 27.5. The lowest BCUT2D eigenvalue weighted by molar-refractivity contribution is -0.126. The summed E-state index contributed by atoms with van der Waals surface area (Å²) in [6.07, 6.45) is 8.49. The quantitative estimate of drug-likeness (QED) is 0.0296. The Morgan fingerprint density at radius 2 is 1.56 bits per heavy atom. The maximum Gasteiger partial charge on any atom is 0.270 e. The number of terminal acetylenes is 1. The molecule has 6 N–H and O–H groups in total. The van der Waals surface area contributed by atoms with Crippen LogP contribution in [0.4, 0.5) is 0 Å². The van der Waals surface area contributed by atoms with E-state index in [-0.39, 0.29) is 54.5 Å². The van der Waals surface area contributed by atoms with Crippen molar-refractivity contribution in [3.8, 4) is 12.3 Å². The Labute approximate surface area is 344 Å². The van der Waals surface area contributed by atoms with Crippen LogP contribution >= 0.6 is 11.3 Å². The summed E-state index contributed by atoms with van der Waals surface area (Å²) in [5.74, 6) is 1.74. The van der Waals surface area contributed by atoms with Gasteiger partial charge in [-0.05, 0) is 44.1 Å². The van der Waals surface area contributed by atoms with Crippen molar-refractivity contribution in [1.29, 1.82) is 0 Å². The zero-order chi connectivity index (χ0) is 41.8. The predicted molar refractivity (Wildman–Crippen MR) is 223 cm³/mol. The van der Waals surface area contributed by atoms with Crippen LogP contribution in [-0.4, -0.2) is 101 Å². The van der Waals surface area contributed by atoms with Gasteiger partial charge in [-0.15, -0.1) is 23.7 Å². The van der Waals surface area contributed by atoms with Gasteiger partial charge in [0.2, 0.25) is 11.8 Å². The molecule has 3 amide bonds. The van der Waals surface area contributed by atoms with Crippen LogP contribution in [0.1, 0.15) is 112 Å². The maximum atomic E-state index is 13.7. The van der Waals surface area contributed by atoms with E-state index in [1.165, 1.54) is 11.3 Å². The number of carbonyl (C=O) groups excluding carboxylic acids is 3. The second-order valence-corrected chi connectivity index (χ2v) is 15.3. The SMILES string of the molecule is C#CCCCC(=O)NCCOCCOCCOCCOCNNC(=O)C(C)CC(NC(=O)c1csc(C(CC(N)C(C)C)OCCC)n1)C(C)c1ccc(C)cc1. The fourth-order valence-corrected chi connectivity index (χ4v) is 6.37. The van der Waals surface area contributed by atoms with E-state index >= 15 is 0 Å². The molecule has 1 aromatic carbocycles. The number of carbonyl (C=O) groups is 3. The van der Waals surface area contributed by atoms with E-state index in [1.807, 2.05) is 26.0 Å². The molecule has 0 bridgehead atoms. The first-order valence-corrected chi connectivity index (χ1v) is 21.1. The molecule has 1 heterocycles. The summed E-state index contributed by atoms with van der Waals surface area (Å²) in [7, 11) is 0. The van der Waals surface area contributed by atoms with Gasteiger partial charge in [-0.1, -0.05) is 64.4 Å². The average Bonchev–Trinajstić information content (AvgIpc) is 3.69. The predicted octanol–water partition coefficient (Wildman–Crippen LogP) is 4.79. The zero-order valence-electron chi connectivity index (χ0n) is 34.9. The molecule has 1 aromatic heterocycles. The van der Waals surface area contributed by atoms with Crippen LogP contribution in [0.3, 0.4) is 0 Å². The highest BCUT2D eigenvalue weighted by Gasteiger charge is 2.28. The normalized spacial score (nSPS) is 14.0. The number of hydrazine groups is 1. The molecule has 15 heteroatoms. The lowest BCUT2D eigenvalue weighted by Gasteiger charge is -2.28. The minimum absolute atomic E-state index is 0.0258. The van der Waals surface area contributed by atoms with Crippen molar-refractivity contribution in [2.45, 2.75) is 104 Å². The van der Waals surface area contributed by atoms with Gasteiger partial charge in [-0.2, -0.15) is 0 Å². The summed E-state index contributed by atoms with van der Waals surface area (Å²) >= 11 is 1.40. The smallest absolute Gasteiger partial charge is 0.270 e. The van der Waals surface area contributed by atoms with Gasteiger partial charge in [0.05, 0.1) is 46.2 Å². The molecule has 0 saturated heterocycles. The number of unbranched alkanes of at least 4 members (excludes halogenated alkanes) is 1. The molecule has 2 aromatic rings. The molecule has 5 unspecified atom stereocenters. The second kappa shape index (κ2) is 29.7. The minimum Gasteiger partial charge on any atom is -0.377 e. The topological polar surface area (TPSA) is 184 Å². The highest BCUT2D eigenvalue weighted by atomic mass is 32.1. The molecule has 0 saturated carbocycles. The number of aryl methyl sites for hydroxylation is 1. The summed E-state index contributed by atoms with van der Waals surface area (Å²) in [4.78, 5) is 43.0.